The fourth-order valence-corrected chi connectivity index (χ4v) is 1.83. The van der Waals surface area contributed by atoms with Gasteiger partial charge >= 0.3 is 11.6 Å². The first kappa shape index (κ1) is 16.3. The minimum atomic E-state index is -2.61. The zero-order valence-electron chi connectivity index (χ0n) is 11.4. The van der Waals surface area contributed by atoms with Gasteiger partial charge < -0.3 is 10.4 Å². The standard InChI is InChI=1S/C12H15N3O6/c1-8(12(2,14(18)19)15(20)21)10(11(16)17)13-9-6-4-3-5-7-9/h3-8,10,13H,1-2H3,(H,16,17)/t8-,10+/m1/s1. The summed E-state index contributed by atoms with van der Waals surface area (Å²) in [5.74, 6) is -2.79. The molecule has 1 aromatic rings. The van der Waals surface area contributed by atoms with Gasteiger partial charge in [-0.05, 0) is 19.1 Å². The Morgan fingerprint density at radius 3 is 2.10 bits per heavy atom. The van der Waals surface area contributed by atoms with Gasteiger partial charge in [0.2, 0.25) is 0 Å². The number of benzene rings is 1. The van der Waals surface area contributed by atoms with Crippen molar-refractivity contribution in [3.63, 3.8) is 0 Å². The van der Waals surface area contributed by atoms with E-state index in [1.54, 1.807) is 30.3 Å². The van der Waals surface area contributed by atoms with Crippen LogP contribution in [0.3, 0.4) is 0 Å². The number of carbonyl (C=O) groups is 1. The molecule has 0 saturated heterocycles. The van der Waals surface area contributed by atoms with E-state index in [-0.39, 0.29) is 0 Å². The quantitative estimate of drug-likeness (QED) is 0.441. The molecule has 9 heteroatoms. The van der Waals surface area contributed by atoms with Crippen LogP contribution in [0.4, 0.5) is 5.69 Å². The number of aliphatic carboxylic acids is 1. The second-order valence-electron chi connectivity index (χ2n) is 4.72. The Labute approximate surface area is 119 Å². The van der Waals surface area contributed by atoms with Gasteiger partial charge in [-0.3, -0.25) is 20.2 Å². The van der Waals surface area contributed by atoms with Gasteiger partial charge in [-0.25, -0.2) is 4.79 Å². The highest BCUT2D eigenvalue weighted by atomic mass is 16.7. The average Bonchev–Trinajstić information content (AvgIpc) is 2.43. The van der Waals surface area contributed by atoms with E-state index in [0.717, 1.165) is 6.92 Å². The molecule has 2 N–H and O–H groups in total. The van der Waals surface area contributed by atoms with Crippen molar-refractivity contribution >= 4 is 11.7 Å². The molecule has 0 aromatic heterocycles. The van der Waals surface area contributed by atoms with Crippen molar-refractivity contribution in [3.05, 3.63) is 50.6 Å². The summed E-state index contributed by atoms with van der Waals surface area (Å²) in [5.41, 5.74) is -2.20. The van der Waals surface area contributed by atoms with E-state index in [4.69, 9.17) is 0 Å². The lowest BCUT2D eigenvalue weighted by molar-refractivity contribution is -0.801. The zero-order valence-corrected chi connectivity index (χ0v) is 11.4. The molecule has 1 rings (SSSR count). The smallest absolute Gasteiger partial charge is 0.460 e. The van der Waals surface area contributed by atoms with Gasteiger partial charge in [0.1, 0.15) is 12.0 Å². The molecule has 9 nitrogen and oxygen atoms in total. The fourth-order valence-electron chi connectivity index (χ4n) is 1.83. The first-order chi connectivity index (χ1) is 9.71. The second-order valence-corrected chi connectivity index (χ2v) is 4.72. The summed E-state index contributed by atoms with van der Waals surface area (Å²) in [7, 11) is 0. The van der Waals surface area contributed by atoms with Crippen LogP contribution in [0.2, 0.25) is 0 Å². The van der Waals surface area contributed by atoms with E-state index in [0.29, 0.717) is 5.69 Å². The van der Waals surface area contributed by atoms with Crippen LogP contribution >= 0.6 is 0 Å². The van der Waals surface area contributed by atoms with E-state index in [2.05, 4.69) is 5.32 Å². The van der Waals surface area contributed by atoms with Crippen molar-refractivity contribution in [3.8, 4) is 0 Å². The van der Waals surface area contributed by atoms with E-state index in [9.17, 15) is 30.1 Å². The maximum Gasteiger partial charge on any atom is 0.460 e. The summed E-state index contributed by atoms with van der Waals surface area (Å²) in [6.45, 7) is 1.97. The Morgan fingerprint density at radius 2 is 1.71 bits per heavy atom. The first-order valence-corrected chi connectivity index (χ1v) is 6.04. The van der Waals surface area contributed by atoms with Crippen molar-refractivity contribution < 1.29 is 19.7 Å². The summed E-state index contributed by atoms with van der Waals surface area (Å²) in [5, 5.41) is 33.9. The van der Waals surface area contributed by atoms with Gasteiger partial charge in [0.05, 0.1) is 16.8 Å². The largest absolute Gasteiger partial charge is 0.480 e. The van der Waals surface area contributed by atoms with Crippen LogP contribution in [-0.4, -0.2) is 32.6 Å². The minimum Gasteiger partial charge on any atom is -0.480 e. The number of hydrogen-bond donors (Lipinski definition) is 2. The van der Waals surface area contributed by atoms with Gasteiger partial charge in [-0.2, -0.15) is 0 Å². The first-order valence-electron chi connectivity index (χ1n) is 6.04. The topological polar surface area (TPSA) is 136 Å². The van der Waals surface area contributed by atoms with Crippen LogP contribution in [0, 0.1) is 26.1 Å². The van der Waals surface area contributed by atoms with Crippen molar-refractivity contribution in [2.45, 2.75) is 25.6 Å². The normalized spacial score (nSPS) is 14.0. The van der Waals surface area contributed by atoms with Crippen LogP contribution in [0.25, 0.3) is 0 Å². The molecule has 0 fully saturated rings. The highest BCUT2D eigenvalue weighted by Crippen LogP contribution is 2.27. The molecular formula is C12H15N3O6. The molecule has 0 bridgehead atoms. The molecule has 0 amide bonds. The van der Waals surface area contributed by atoms with Crippen molar-refractivity contribution in [2.75, 3.05) is 5.32 Å². The lowest BCUT2D eigenvalue weighted by Gasteiger charge is -2.26. The van der Waals surface area contributed by atoms with Crippen LogP contribution in [0.5, 0.6) is 0 Å². The number of nitro groups is 2. The molecule has 0 aliphatic carbocycles. The number of carboxylic acid groups (broad SMARTS) is 1. The summed E-state index contributed by atoms with van der Waals surface area (Å²) in [6.07, 6.45) is 0. The average molecular weight is 297 g/mol. The van der Waals surface area contributed by atoms with E-state index in [1.807, 2.05) is 0 Å². The molecule has 0 radical (unpaired) electrons. The predicted molar refractivity (Wildman–Crippen MR) is 73.0 cm³/mol. The number of nitrogens with one attached hydrogen (secondary N) is 1. The molecule has 0 aliphatic rings. The van der Waals surface area contributed by atoms with Crippen LogP contribution < -0.4 is 5.32 Å². The van der Waals surface area contributed by atoms with Gasteiger partial charge in [0.15, 0.2) is 0 Å². The molecule has 21 heavy (non-hydrogen) atoms. The minimum absolute atomic E-state index is 0.408. The van der Waals surface area contributed by atoms with Crippen molar-refractivity contribution in [1.29, 1.82) is 0 Å². The van der Waals surface area contributed by atoms with Crippen LogP contribution in [-0.2, 0) is 4.79 Å². The number of rotatable bonds is 7. The maximum absolute atomic E-state index is 11.3. The lowest BCUT2D eigenvalue weighted by Crippen LogP contribution is -2.56. The highest BCUT2D eigenvalue weighted by molar-refractivity contribution is 5.77. The number of nitrogens with zero attached hydrogens (tertiary/aromatic N) is 2. The number of para-hydroxylation sites is 1. The Hall–Kier alpha value is -2.71. The molecule has 0 spiro atoms. The predicted octanol–water partition coefficient (Wildman–Crippen LogP) is 1.46. The van der Waals surface area contributed by atoms with Crippen molar-refractivity contribution in [1.82, 2.24) is 0 Å². The third kappa shape index (κ3) is 3.25. The Morgan fingerprint density at radius 1 is 1.24 bits per heavy atom. The van der Waals surface area contributed by atoms with Crippen LogP contribution in [0.15, 0.2) is 30.3 Å². The van der Waals surface area contributed by atoms with Gasteiger partial charge in [0, 0.05) is 5.69 Å². The third-order valence-corrected chi connectivity index (χ3v) is 3.46. The van der Waals surface area contributed by atoms with Gasteiger partial charge in [0.25, 0.3) is 0 Å². The third-order valence-electron chi connectivity index (χ3n) is 3.46. The summed E-state index contributed by atoms with van der Waals surface area (Å²) in [6, 6.07) is 6.66. The van der Waals surface area contributed by atoms with E-state index in [1.165, 1.54) is 6.92 Å². The molecule has 114 valence electrons. The number of hydrogen-bond acceptors (Lipinski definition) is 6. The SMILES string of the molecule is C[C@H]([C@H](Nc1ccccc1)C(=O)O)C(C)([N+](=O)[O-])[N+](=O)[O-]. The summed E-state index contributed by atoms with van der Waals surface area (Å²) in [4.78, 5) is 31.2. The molecule has 0 saturated carbocycles. The number of anilines is 1. The lowest BCUT2D eigenvalue weighted by atomic mass is 9.89. The molecule has 1 aromatic carbocycles. The van der Waals surface area contributed by atoms with Gasteiger partial charge in [-0.15, -0.1) is 0 Å². The van der Waals surface area contributed by atoms with Crippen molar-refractivity contribution in [2.24, 2.45) is 5.92 Å². The molecule has 0 heterocycles. The Balaban J connectivity index is 3.13. The Kier molecular flexibility index (Phi) is 4.79. The van der Waals surface area contributed by atoms with Crippen LogP contribution in [0.1, 0.15) is 13.8 Å². The maximum atomic E-state index is 11.3. The molecule has 0 aliphatic heterocycles. The highest BCUT2D eigenvalue weighted by Gasteiger charge is 2.60. The monoisotopic (exact) mass is 297 g/mol. The number of carboxylic acids is 1. The molecule has 0 unspecified atom stereocenters. The van der Waals surface area contributed by atoms with E-state index >= 15 is 0 Å². The second kappa shape index (κ2) is 6.16. The summed E-state index contributed by atoms with van der Waals surface area (Å²) >= 11 is 0. The molecular weight excluding hydrogens is 282 g/mol. The van der Waals surface area contributed by atoms with Gasteiger partial charge in [-0.1, -0.05) is 18.2 Å². The fraction of sp³-hybridized carbons (Fsp3) is 0.417. The Bertz CT molecular complexity index is 533. The van der Waals surface area contributed by atoms with E-state index < -0.39 is 33.4 Å². The zero-order chi connectivity index (χ0) is 16.2. The molecule has 2 atom stereocenters. The summed E-state index contributed by atoms with van der Waals surface area (Å²) < 4.78 is 0.